The summed E-state index contributed by atoms with van der Waals surface area (Å²) in [6, 6.07) is 23.7. The lowest BCUT2D eigenvalue weighted by molar-refractivity contribution is -0.113. The first kappa shape index (κ1) is 16.4. The quantitative estimate of drug-likeness (QED) is 0.382. The number of hydrogen-bond acceptors (Lipinski definition) is 3. The molecule has 4 aromatic rings. The smallest absolute Gasteiger partial charge is 0.239 e. The number of nitrogens with zero attached hydrogens (tertiary/aromatic N) is 1. The van der Waals surface area contributed by atoms with E-state index in [1.165, 1.54) is 0 Å². The number of aromatic nitrogens is 1. The fourth-order valence-electron chi connectivity index (χ4n) is 2.95. The lowest BCUT2D eigenvalue weighted by Gasteiger charge is -2.14. The summed E-state index contributed by atoms with van der Waals surface area (Å²) in [6.07, 6.45) is 0. The maximum absolute atomic E-state index is 11.4. The van der Waals surface area contributed by atoms with Crippen molar-refractivity contribution in [3.63, 3.8) is 0 Å². The van der Waals surface area contributed by atoms with Crippen LogP contribution in [0.4, 0.5) is 17.1 Å². The fraction of sp³-hybridized carbons (Fsp3) is 0.0476. The van der Waals surface area contributed by atoms with E-state index in [1.807, 2.05) is 60.7 Å². The number of benzene rings is 3. The Balaban J connectivity index is 1.75. The number of carbonyl (C=O) groups excluding carboxylic acids is 1. The van der Waals surface area contributed by atoms with Gasteiger partial charge < -0.3 is 10.6 Å². The molecule has 0 saturated heterocycles. The second-order valence-electron chi connectivity index (χ2n) is 5.91. The SMILES string of the molecule is O=C(CCl)Nc1ccc(Nc2c3ccccc3nc3ccccc23)cc1. The van der Waals surface area contributed by atoms with Crippen molar-refractivity contribution in [2.24, 2.45) is 0 Å². The van der Waals surface area contributed by atoms with Gasteiger partial charge in [-0.15, -0.1) is 11.6 Å². The molecular weight excluding hydrogens is 346 g/mol. The van der Waals surface area contributed by atoms with Crippen LogP contribution >= 0.6 is 11.6 Å². The van der Waals surface area contributed by atoms with Gasteiger partial charge in [0, 0.05) is 22.1 Å². The van der Waals surface area contributed by atoms with Gasteiger partial charge in [-0.1, -0.05) is 36.4 Å². The summed E-state index contributed by atoms with van der Waals surface area (Å²) in [5.74, 6) is -0.284. The third kappa shape index (κ3) is 3.19. The van der Waals surface area contributed by atoms with Gasteiger partial charge in [-0.25, -0.2) is 4.98 Å². The van der Waals surface area contributed by atoms with Crippen molar-refractivity contribution in [2.75, 3.05) is 16.5 Å². The van der Waals surface area contributed by atoms with Crippen LogP contribution in [-0.2, 0) is 4.79 Å². The van der Waals surface area contributed by atoms with E-state index in [-0.39, 0.29) is 11.8 Å². The average Bonchev–Trinajstić information content (AvgIpc) is 2.69. The molecule has 26 heavy (non-hydrogen) atoms. The van der Waals surface area contributed by atoms with Crippen LogP contribution < -0.4 is 10.6 Å². The number of amides is 1. The van der Waals surface area contributed by atoms with Gasteiger partial charge in [0.2, 0.25) is 5.91 Å². The van der Waals surface area contributed by atoms with Gasteiger partial charge in [-0.3, -0.25) is 4.79 Å². The third-order valence-corrected chi connectivity index (χ3v) is 4.39. The highest BCUT2D eigenvalue weighted by Gasteiger charge is 2.09. The molecule has 0 fully saturated rings. The predicted molar refractivity (Wildman–Crippen MR) is 108 cm³/mol. The minimum Gasteiger partial charge on any atom is -0.354 e. The van der Waals surface area contributed by atoms with Gasteiger partial charge in [0.15, 0.2) is 0 Å². The molecule has 4 rings (SSSR count). The largest absolute Gasteiger partial charge is 0.354 e. The number of hydrogen-bond donors (Lipinski definition) is 2. The van der Waals surface area contributed by atoms with Crippen LogP contribution in [0.2, 0.25) is 0 Å². The minimum atomic E-state index is -0.224. The number of anilines is 3. The van der Waals surface area contributed by atoms with E-state index in [0.717, 1.165) is 33.2 Å². The lowest BCUT2D eigenvalue weighted by Crippen LogP contribution is -2.12. The van der Waals surface area contributed by atoms with Crippen molar-refractivity contribution in [1.29, 1.82) is 0 Å². The Labute approximate surface area is 155 Å². The molecule has 3 aromatic carbocycles. The van der Waals surface area contributed by atoms with Gasteiger partial charge in [0.05, 0.1) is 16.7 Å². The molecule has 0 bridgehead atoms. The summed E-state index contributed by atoms with van der Waals surface area (Å²) < 4.78 is 0. The van der Waals surface area contributed by atoms with Crippen molar-refractivity contribution >= 4 is 56.4 Å². The zero-order chi connectivity index (χ0) is 17.9. The number of nitrogens with one attached hydrogen (secondary N) is 2. The maximum Gasteiger partial charge on any atom is 0.239 e. The highest BCUT2D eigenvalue weighted by molar-refractivity contribution is 6.29. The monoisotopic (exact) mass is 361 g/mol. The first-order chi connectivity index (χ1) is 12.7. The summed E-state index contributed by atoms with van der Waals surface area (Å²) >= 11 is 5.52. The van der Waals surface area contributed by atoms with E-state index in [9.17, 15) is 4.79 Å². The molecule has 0 atom stereocenters. The number of alkyl halides is 1. The Bertz CT molecular complexity index is 1040. The molecule has 0 saturated carbocycles. The summed E-state index contributed by atoms with van der Waals surface area (Å²) in [7, 11) is 0. The van der Waals surface area contributed by atoms with E-state index in [2.05, 4.69) is 22.8 Å². The predicted octanol–water partition coefficient (Wildman–Crippen LogP) is 5.31. The zero-order valence-electron chi connectivity index (χ0n) is 13.9. The number of halogens is 1. The molecular formula is C21H16ClN3O. The molecule has 2 N–H and O–H groups in total. The average molecular weight is 362 g/mol. The molecule has 0 spiro atoms. The first-order valence-corrected chi connectivity index (χ1v) is 8.78. The normalized spacial score (nSPS) is 10.8. The molecule has 1 amide bonds. The molecule has 0 radical (unpaired) electrons. The maximum atomic E-state index is 11.4. The standard InChI is InChI=1S/C21H16ClN3O/c22-13-20(26)23-14-9-11-15(12-10-14)24-21-16-5-1-3-7-18(16)25-19-8-4-2-6-17(19)21/h1-12H,13H2,(H,23,26)(H,24,25). The highest BCUT2D eigenvalue weighted by atomic mass is 35.5. The number of carbonyl (C=O) groups is 1. The zero-order valence-corrected chi connectivity index (χ0v) is 14.6. The van der Waals surface area contributed by atoms with Gasteiger partial charge in [-0.2, -0.15) is 0 Å². The number of fused-ring (bicyclic) bond motifs is 2. The second kappa shape index (κ2) is 7.02. The molecule has 128 valence electrons. The summed E-state index contributed by atoms with van der Waals surface area (Å²) in [5.41, 5.74) is 4.55. The van der Waals surface area contributed by atoms with Crippen LogP contribution in [0, 0.1) is 0 Å². The number of rotatable bonds is 4. The van der Waals surface area contributed by atoms with Crippen molar-refractivity contribution in [1.82, 2.24) is 4.98 Å². The van der Waals surface area contributed by atoms with E-state index in [4.69, 9.17) is 16.6 Å². The van der Waals surface area contributed by atoms with Crippen LogP contribution in [0.15, 0.2) is 72.8 Å². The Hall–Kier alpha value is -3.11. The van der Waals surface area contributed by atoms with Crippen LogP contribution in [-0.4, -0.2) is 16.8 Å². The summed E-state index contributed by atoms with van der Waals surface area (Å²) in [4.78, 5) is 16.1. The molecule has 4 nitrogen and oxygen atoms in total. The molecule has 1 heterocycles. The van der Waals surface area contributed by atoms with E-state index < -0.39 is 0 Å². The number of pyridine rings is 1. The van der Waals surface area contributed by atoms with Crippen molar-refractivity contribution < 1.29 is 4.79 Å². The minimum absolute atomic E-state index is 0.0605. The van der Waals surface area contributed by atoms with Crippen LogP contribution in [0.25, 0.3) is 21.8 Å². The third-order valence-electron chi connectivity index (χ3n) is 4.15. The molecule has 0 aliphatic carbocycles. The first-order valence-electron chi connectivity index (χ1n) is 8.25. The number of para-hydroxylation sites is 2. The van der Waals surface area contributed by atoms with Crippen molar-refractivity contribution in [2.45, 2.75) is 0 Å². The summed E-state index contributed by atoms with van der Waals surface area (Å²) in [6.45, 7) is 0. The summed E-state index contributed by atoms with van der Waals surface area (Å²) in [5, 5.41) is 8.36. The second-order valence-corrected chi connectivity index (χ2v) is 6.17. The van der Waals surface area contributed by atoms with Gasteiger partial charge in [0.25, 0.3) is 0 Å². The molecule has 0 unspecified atom stereocenters. The Kier molecular flexibility index (Phi) is 4.42. The highest BCUT2D eigenvalue weighted by Crippen LogP contribution is 2.33. The Morgan fingerprint density at radius 3 is 1.92 bits per heavy atom. The van der Waals surface area contributed by atoms with E-state index in [1.54, 1.807) is 0 Å². The topological polar surface area (TPSA) is 54.0 Å². The molecule has 5 heteroatoms. The molecule has 1 aromatic heterocycles. The van der Waals surface area contributed by atoms with Crippen LogP contribution in [0.1, 0.15) is 0 Å². The van der Waals surface area contributed by atoms with Crippen LogP contribution in [0.5, 0.6) is 0 Å². The van der Waals surface area contributed by atoms with Gasteiger partial charge in [-0.05, 0) is 36.4 Å². The van der Waals surface area contributed by atoms with Crippen LogP contribution in [0.3, 0.4) is 0 Å². The fourth-order valence-corrected chi connectivity index (χ4v) is 3.02. The van der Waals surface area contributed by atoms with Crippen molar-refractivity contribution in [3.8, 4) is 0 Å². The molecule has 0 aliphatic rings. The molecule has 0 aliphatic heterocycles. The Morgan fingerprint density at radius 2 is 1.35 bits per heavy atom. The van der Waals surface area contributed by atoms with Gasteiger partial charge >= 0.3 is 0 Å². The lowest BCUT2D eigenvalue weighted by atomic mass is 10.1. The van der Waals surface area contributed by atoms with Gasteiger partial charge in [0.1, 0.15) is 5.88 Å². The van der Waals surface area contributed by atoms with E-state index in [0.29, 0.717) is 5.69 Å². The Morgan fingerprint density at radius 1 is 0.808 bits per heavy atom. The van der Waals surface area contributed by atoms with Crippen molar-refractivity contribution in [3.05, 3.63) is 72.8 Å². The van der Waals surface area contributed by atoms with E-state index >= 15 is 0 Å².